The second-order valence-corrected chi connectivity index (χ2v) is 5.00. The maximum atomic E-state index is 11.3. The molecular formula is C16H17N3O2. The highest BCUT2D eigenvalue weighted by atomic mass is 16.4. The first kappa shape index (κ1) is 13.4. The zero-order chi connectivity index (χ0) is 15.0. The van der Waals surface area contributed by atoms with Gasteiger partial charge in [-0.15, -0.1) is 0 Å². The van der Waals surface area contributed by atoms with Crippen LogP contribution in [0.2, 0.25) is 0 Å². The Morgan fingerprint density at radius 3 is 3.05 bits per heavy atom. The summed E-state index contributed by atoms with van der Waals surface area (Å²) >= 11 is 0. The van der Waals surface area contributed by atoms with Gasteiger partial charge in [0.05, 0.1) is 11.4 Å². The second-order valence-electron chi connectivity index (χ2n) is 5.00. The molecule has 0 unspecified atom stereocenters. The van der Waals surface area contributed by atoms with Gasteiger partial charge < -0.3 is 9.67 Å². The number of rotatable bonds is 4. The fourth-order valence-electron chi connectivity index (χ4n) is 3.05. The molecular weight excluding hydrogens is 266 g/mol. The molecule has 3 rings (SSSR count). The van der Waals surface area contributed by atoms with Crippen LogP contribution in [0.4, 0.5) is 0 Å². The van der Waals surface area contributed by atoms with Crippen LogP contribution in [0, 0.1) is 0 Å². The molecule has 0 fully saturated rings. The highest BCUT2D eigenvalue weighted by molar-refractivity contribution is 5.79. The number of carbonyl (C=O) groups is 1. The Labute approximate surface area is 122 Å². The number of hydrogen-bond donors (Lipinski definition) is 1. The molecule has 5 heteroatoms. The molecule has 1 aliphatic rings. The van der Waals surface area contributed by atoms with Gasteiger partial charge in [-0.3, -0.25) is 9.48 Å². The highest BCUT2D eigenvalue weighted by Gasteiger charge is 2.27. The van der Waals surface area contributed by atoms with Crippen LogP contribution < -0.4 is 0 Å². The van der Waals surface area contributed by atoms with Crippen LogP contribution in [0.3, 0.4) is 0 Å². The quantitative estimate of drug-likeness (QED) is 0.938. The van der Waals surface area contributed by atoms with Crippen LogP contribution in [-0.2, 0) is 24.3 Å². The predicted octanol–water partition coefficient (Wildman–Crippen LogP) is 2.67. The zero-order valence-corrected chi connectivity index (χ0v) is 11.9. The van der Waals surface area contributed by atoms with E-state index < -0.39 is 5.97 Å². The number of allylic oxidation sites excluding steroid dienone is 1. The number of aliphatic carboxylic acids is 1. The van der Waals surface area contributed by atoms with Crippen molar-refractivity contribution in [1.82, 2.24) is 14.3 Å². The predicted molar refractivity (Wildman–Crippen MR) is 81.8 cm³/mol. The number of carboxylic acid groups (broad SMARTS) is 1. The van der Waals surface area contributed by atoms with E-state index >= 15 is 0 Å². The van der Waals surface area contributed by atoms with Crippen molar-refractivity contribution >= 4 is 18.1 Å². The lowest BCUT2D eigenvalue weighted by molar-refractivity contribution is -0.137. The van der Waals surface area contributed by atoms with E-state index in [0.29, 0.717) is 0 Å². The van der Waals surface area contributed by atoms with Crippen molar-refractivity contribution in [3.63, 3.8) is 0 Å². The summed E-state index contributed by atoms with van der Waals surface area (Å²) in [7, 11) is 0. The van der Waals surface area contributed by atoms with Crippen molar-refractivity contribution in [3.8, 4) is 11.4 Å². The van der Waals surface area contributed by atoms with Crippen LogP contribution in [0.15, 0.2) is 24.9 Å². The third-order valence-corrected chi connectivity index (χ3v) is 3.80. The summed E-state index contributed by atoms with van der Waals surface area (Å²) in [5, 5.41) is 13.5. The fourth-order valence-corrected chi connectivity index (χ4v) is 3.05. The highest BCUT2D eigenvalue weighted by Crippen LogP contribution is 2.36. The summed E-state index contributed by atoms with van der Waals surface area (Å²) in [6, 6.07) is 1.93. The summed E-state index contributed by atoms with van der Waals surface area (Å²) in [5.41, 5.74) is 5.00. The minimum absolute atomic E-state index is 0.0684. The largest absolute Gasteiger partial charge is 0.480 e. The minimum atomic E-state index is -0.856. The fraction of sp³-hybridized carbons (Fsp3) is 0.250. The monoisotopic (exact) mass is 283 g/mol. The lowest BCUT2D eigenvalue weighted by Crippen LogP contribution is -2.16. The Balaban J connectivity index is 2.33. The molecule has 0 aromatic carbocycles. The first-order valence-electron chi connectivity index (χ1n) is 6.91. The molecule has 5 nitrogen and oxygen atoms in total. The first-order valence-corrected chi connectivity index (χ1v) is 6.91. The molecule has 0 saturated heterocycles. The molecule has 0 radical (unpaired) electrons. The van der Waals surface area contributed by atoms with Crippen molar-refractivity contribution in [2.45, 2.75) is 26.4 Å². The van der Waals surface area contributed by atoms with Crippen molar-refractivity contribution in [2.75, 3.05) is 0 Å². The van der Waals surface area contributed by atoms with Gasteiger partial charge in [-0.1, -0.05) is 18.7 Å². The normalized spacial score (nSPS) is 13.2. The van der Waals surface area contributed by atoms with Crippen molar-refractivity contribution in [1.29, 1.82) is 0 Å². The molecule has 0 saturated carbocycles. The van der Waals surface area contributed by atoms with E-state index in [1.807, 2.05) is 40.5 Å². The van der Waals surface area contributed by atoms with Crippen LogP contribution >= 0.6 is 0 Å². The van der Waals surface area contributed by atoms with E-state index in [9.17, 15) is 9.90 Å². The van der Waals surface area contributed by atoms with Gasteiger partial charge >= 0.3 is 5.97 Å². The smallest absolute Gasteiger partial charge is 0.323 e. The Morgan fingerprint density at radius 2 is 2.38 bits per heavy atom. The molecule has 0 aliphatic carbocycles. The standard InChI is InChI=1S/C16H17N3O2/c1-3-5-13-11(4-2)12-7-9-19-14(6-8-17-19)16(12)18(13)10-15(20)21/h3-6,8H,2,7,9-10H2,1H3,(H,20,21)/b5-3-. The Bertz CT molecular complexity index is 750. The summed E-state index contributed by atoms with van der Waals surface area (Å²) in [4.78, 5) is 11.3. The van der Waals surface area contributed by atoms with Gasteiger partial charge in [0, 0.05) is 24.0 Å². The van der Waals surface area contributed by atoms with Gasteiger partial charge in [0.15, 0.2) is 0 Å². The minimum Gasteiger partial charge on any atom is -0.480 e. The molecule has 2 aromatic heterocycles. The number of aryl methyl sites for hydroxylation is 1. The molecule has 0 bridgehead atoms. The lowest BCUT2D eigenvalue weighted by atomic mass is 10.0. The summed E-state index contributed by atoms with van der Waals surface area (Å²) in [6.45, 7) is 6.57. The average molecular weight is 283 g/mol. The number of aromatic nitrogens is 3. The van der Waals surface area contributed by atoms with E-state index in [1.54, 1.807) is 6.20 Å². The van der Waals surface area contributed by atoms with E-state index in [0.717, 1.165) is 41.2 Å². The maximum absolute atomic E-state index is 11.3. The van der Waals surface area contributed by atoms with E-state index in [2.05, 4.69) is 11.7 Å². The summed E-state index contributed by atoms with van der Waals surface area (Å²) in [6.07, 6.45) is 8.27. The van der Waals surface area contributed by atoms with Crippen molar-refractivity contribution < 1.29 is 9.90 Å². The van der Waals surface area contributed by atoms with Gasteiger partial charge in [0.1, 0.15) is 6.54 Å². The molecule has 0 amide bonds. The van der Waals surface area contributed by atoms with Crippen LogP contribution in [0.25, 0.3) is 23.5 Å². The first-order chi connectivity index (χ1) is 10.2. The molecule has 0 atom stereocenters. The summed E-state index contributed by atoms with van der Waals surface area (Å²) < 4.78 is 3.77. The molecule has 1 N–H and O–H groups in total. The van der Waals surface area contributed by atoms with Gasteiger partial charge in [-0.25, -0.2) is 0 Å². The number of fused-ring (bicyclic) bond motifs is 3. The van der Waals surface area contributed by atoms with E-state index in [4.69, 9.17) is 0 Å². The number of carboxylic acids is 1. The van der Waals surface area contributed by atoms with Crippen LogP contribution in [0.5, 0.6) is 0 Å². The van der Waals surface area contributed by atoms with Gasteiger partial charge in [0.2, 0.25) is 0 Å². The van der Waals surface area contributed by atoms with Crippen LogP contribution in [0.1, 0.15) is 23.7 Å². The van der Waals surface area contributed by atoms with Crippen LogP contribution in [-0.4, -0.2) is 25.4 Å². The third kappa shape index (κ3) is 2.01. The topological polar surface area (TPSA) is 60.1 Å². The molecule has 2 aromatic rings. The van der Waals surface area contributed by atoms with Crippen molar-refractivity contribution in [3.05, 3.63) is 41.7 Å². The number of hydrogen-bond acceptors (Lipinski definition) is 2. The second kappa shape index (κ2) is 5.09. The third-order valence-electron chi connectivity index (χ3n) is 3.80. The Kier molecular flexibility index (Phi) is 3.25. The molecule has 108 valence electrons. The van der Waals surface area contributed by atoms with E-state index in [1.165, 1.54) is 0 Å². The van der Waals surface area contributed by atoms with Gasteiger partial charge in [0.25, 0.3) is 0 Å². The van der Waals surface area contributed by atoms with Gasteiger partial charge in [-0.05, 0) is 31.1 Å². The van der Waals surface area contributed by atoms with Crippen molar-refractivity contribution in [2.24, 2.45) is 0 Å². The molecule has 21 heavy (non-hydrogen) atoms. The van der Waals surface area contributed by atoms with E-state index in [-0.39, 0.29) is 6.54 Å². The summed E-state index contributed by atoms with van der Waals surface area (Å²) in [5.74, 6) is -0.856. The average Bonchev–Trinajstić information content (AvgIpc) is 3.02. The zero-order valence-electron chi connectivity index (χ0n) is 11.9. The Hall–Kier alpha value is -2.56. The lowest BCUT2D eigenvalue weighted by Gasteiger charge is -2.17. The molecule has 1 aliphatic heterocycles. The number of nitrogens with zero attached hydrogens (tertiary/aromatic N) is 3. The SMILES string of the molecule is C=Cc1c2c(n(CC(=O)O)c1/C=C\C)-c1ccnn1CC2. The maximum Gasteiger partial charge on any atom is 0.323 e. The molecule has 3 heterocycles. The van der Waals surface area contributed by atoms with Gasteiger partial charge in [-0.2, -0.15) is 5.10 Å². The Morgan fingerprint density at radius 1 is 1.57 bits per heavy atom. The molecule has 0 spiro atoms.